The highest BCUT2D eigenvalue weighted by molar-refractivity contribution is 7.92. The molecule has 0 unspecified atom stereocenters. The monoisotopic (exact) mass is 371 g/mol. The Labute approximate surface area is 151 Å². The van der Waals surface area contributed by atoms with Gasteiger partial charge in [0.15, 0.2) is 6.10 Å². The second-order valence-electron chi connectivity index (χ2n) is 5.25. The molecular formula is C18H17N3O4S. The number of carbonyl (C=O) groups excluding carboxylic acids is 1. The predicted octanol–water partition coefficient (Wildman–Crippen LogP) is 1.95. The van der Waals surface area contributed by atoms with Crippen LogP contribution in [0.4, 0.5) is 0 Å². The Morgan fingerprint density at radius 3 is 2.42 bits per heavy atom. The molecule has 0 aliphatic heterocycles. The summed E-state index contributed by atoms with van der Waals surface area (Å²) in [5.74, 6) is -0.274. The van der Waals surface area contributed by atoms with Crippen LogP contribution >= 0.6 is 0 Å². The van der Waals surface area contributed by atoms with Crippen LogP contribution in [0.5, 0.6) is 5.75 Å². The topological polar surface area (TPSA) is 108 Å². The number of hydrogen-bond donors (Lipinski definition) is 2. The molecule has 7 nitrogen and oxygen atoms in total. The van der Waals surface area contributed by atoms with Crippen LogP contribution in [-0.4, -0.2) is 20.4 Å². The van der Waals surface area contributed by atoms with Crippen molar-refractivity contribution in [3.8, 4) is 11.8 Å². The van der Waals surface area contributed by atoms with Gasteiger partial charge in [-0.05, 0) is 42.8 Å². The molecule has 0 saturated carbocycles. The molecule has 2 aromatic rings. The molecule has 134 valence electrons. The number of nitrogens with one attached hydrogen (secondary N) is 2. The maximum absolute atomic E-state index is 12.0. The van der Waals surface area contributed by atoms with E-state index in [0.717, 1.165) is 5.41 Å². The lowest BCUT2D eigenvalue weighted by Crippen LogP contribution is -2.46. The van der Waals surface area contributed by atoms with Crippen LogP contribution in [-0.2, 0) is 14.8 Å². The first kappa shape index (κ1) is 19.2. The van der Waals surface area contributed by atoms with Gasteiger partial charge in [0.1, 0.15) is 5.75 Å². The van der Waals surface area contributed by atoms with Crippen LogP contribution in [0.2, 0.25) is 0 Å². The molecule has 0 aromatic heterocycles. The van der Waals surface area contributed by atoms with Gasteiger partial charge in [-0.2, -0.15) is 5.26 Å². The van der Waals surface area contributed by atoms with Crippen molar-refractivity contribution in [3.63, 3.8) is 0 Å². The van der Waals surface area contributed by atoms with Crippen molar-refractivity contribution in [3.05, 3.63) is 71.1 Å². The van der Waals surface area contributed by atoms with Crippen molar-refractivity contribution in [2.75, 3.05) is 0 Å². The fourth-order valence-electron chi connectivity index (χ4n) is 1.86. The SMILES string of the molecule is C[C@H](Oc1ccc(C#N)cc1)C(=O)NNS(=O)(=O)/C=C/c1ccccc1. The Hall–Kier alpha value is -3.15. The summed E-state index contributed by atoms with van der Waals surface area (Å²) in [6.07, 6.45) is 0.467. The third-order valence-electron chi connectivity index (χ3n) is 3.22. The Balaban J connectivity index is 1.88. The molecule has 0 fully saturated rings. The van der Waals surface area contributed by atoms with Gasteiger partial charge in [0.25, 0.3) is 15.9 Å². The Bertz CT molecular complexity index is 917. The zero-order chi connectivity index (χ0) is 19.0. The van der Waals surface area contributed by atoms with Gasteiger partial charge in [-0.3, -0.25) is 10.2 Å². The van der Waals surface area contributed by atoms with Gasteiger partial charge in [-0.1, -0.05) is 30.3 Å². The van der Waals surface area contributed by atoms with E-state index in [-0.39, 0.29) is 0 Å². The summed E-state index contributed by atoms with van der Waals surface area (Å²) in [5, 5.41) is 9.69. The second-order valence-corrected chi connectivity index (χ2v) is 6.81. The highest BCUT2D eigenvalue weighted by Crippen LogP contribution is 2.13. The molecular weight excluding hydrogens is 354 g/mol. The summed E-state index contributed by atoms with van der Waals surface area (Å²) in [7, 11) is -3.84. The van der Waals surface area contributed by atoms with Crippen molar-refractivity contribution in [2.24, 2.45) is 0 Å². The van der Waals surface area contributed by atoms with Crippen LogP contribution in [0.1, 0.15) is 18.1 Å². The number of hydrogen-bond acceptors (Lipinski definition) is 5. The Kier molecular flexibility index (Phi) is 6.49. The zero-order valence-electron chi connectivity index (χ0n) is 13.9. The predicted molar refractivity (Wildman–Crippen MR) is 96.9 cm³/mol. The normalized spacial score (nSPS) is 12.3. The van der Waals surface area contributed by atoms with Crippen molar-refractivity contribution in [2.45, 2.75) is 13.0 Å². The molecule has 1 atom stereocenters. The van der Waals surface area contributed by atoms with Gasteiger partial charge >= 0.3 is 0 Å². The molecule has 0 heterocycles. The molecule has 26 heavy (non-hydrogen) atoms. The summed E-state index contributed by atoms with van der Waals surface area (Å²) in [6.45, 7) is 1.47. The lowest BCUT2D eigenvalue weighted by atomic mass is 10.2. The number of ether oxygens (including phenoxy) is 1. The number of carbonyl (C=O) groups is 1. The van der Waals surface area contributed by atoms with Crippen molar-refractivity contribution in [1.82, 2.24) is 10.3 Å². The van der Waals surface area contributed by atoms with Crippen molar-refractivity contribution >= 4 is 22.0 Å². The van der Waals surface area contributed by atoms with Gasteiger partial charge < -0.3 is 4.74 Å². The molecule has 0 aliphatic rings. The second kappa shape index (κ2) is 8.80. The average molecular weight is 371 g/mol. The summed E-state index contributed by atoms with van der Waals surface area (Å²) in [4.78, 5) is 13.9. The van der Waals surface area contributed by atoms with E-state index in [1.54, 1.807) is 48.5 Å². The maximum Gasteiger partial charge on any atom is 0.275 e. The van der Waals surface area contributed by atoms with E-state index in [9.17, 15) is 13.2 Å². The number of nitriles is 1. The molecule has 8 heteroatoms. The first-order valence-corrected chi connectivity index (χ1v) is 9.16. The summed E-state index contributed by atoms with van der Waals surface area (Å²) in [6, 6.07) is 17.1. The number of sulfonamides is 1. The van der Waals surface area contributed by atoms with Crippen LogP contribution in [0.3, 0.4) is 0 Å². The molecule has 2 N–H and O–H groups in total. The minimum absolute atomic E-state index is 0.387. The third kappa shape index (κ3) is 6.05. The van der Waals surface area contributed by atoms with Crippen molar-refractivity contribution in [1.29, 1.82) is 5.26 Å². The summed E-state index contributed by atoms with van der Waals surface area (Å²) < 4.78 is 29.1. The van der Waals surface area contributed by atoms with Crippen LogP contribution in [0.15, 0.2) is 60.0 Å². The minimum atomic E-state index is -3.84. The summed E-state index contributed by atoms with van der Waals surface area (Å²) >= 11 is 0. The van der Waals surface area contributed by atoms with E-state index < -0.39 is 22.0 Å². The number of nitrogens with zero attached hydrogens (tertiary/aromatic N) is 1. The minimum Gasteiger partial charge on any atom is -0.481 e. The van der Waals surface area contributed by atoms with E-state index in [1.165, 1.54) is 13.0 Å². The van der Waals surface area contributed by atoms with Gasteiger partial charge in [0.05, 0.1) is 11.6 Å². The zero-order valence-corrected chi connectivity index (χ0v) is 14.7. The van der Waals surface area contributed by atoms with Crippen LogP contribution in [0, 0.1) is 11.3 Å². The number of hydrazine groups is 1. The number of benzene rings is 2. The molecule has 1 amide bonds. The Morgan fingerprint density at radius 1 is 1.15 bits per heavy atom. The van der Waals surface area contributed by atoms with Gasteiger partial charge in [-0.15, -0.1) is 4.83 Å². The molecule has 0 radical (unpaired) electrons. The lowest BCUT2D eigenvalue weighted by Gasteiger charge is -2.14. The van der Waals surface area contributed by atoms with Gasteiger partial charge in [0, 0.05) is 5.41 Å². The summed E-state index contributed by atoms with van der Waals surface area (Å²) in [5.41, 5.74) is 3.27. The molecule has 0 spiro atoms. The van der Waals surface area contributed by atoms with Crippen molar-refractivity contribution < 1.29 is 17.9 Å². The average Bonchev–Trinajstić information content (AvgIpc) is 2.66. The quantitative estimate of drug-likeness (QED) is 0.723. The number of amides is 1. The smallest absolute Gasteiger partial charge is 0.275 e. The van der Waals surface area contributed by atoms with Crippen LogP contribution in [0.25, 0.3) is 6.08 Å². The highest BCUT2D eigenvalue weighted by atomic mass is 32.2. The first-order valence-electron chi connectivity index (χ1n) is 7.61. The molecule has 2 aromatic carbocycles. The molecule has 2 rings (SSSR count). The lowest BCUT2D eigenvalue weighted by molar-refractivity contribution is -0.127. The molecule has 0 saturated heterocycles. The number of rotatable bonds is 7. The van der Waals surface area contributed by atoms with E-state index in [0.29, 0.717) is 16.9 Å². The van der Waals surface area contributed by atoms with E-state index in [1.807, 2.05) is 17.0 Å². The highest BCUT2D eigenvalue weighted by Gasteiger charge is 2.16. The van der Waals surface area contributed by atoms with E-state index >= 15 is 0 Å². The largest absolute Gasteiger partial charge is 0.481 e. The standard InChI is InChI=1S/C18H17N3O4S/c1-14(25-17-9-7-16(13-19)8-10-17)18(22)20-21-26(23,24)12-11-15-5-3-2-4-6-15/h2-12,14,21H,1H3,(H,20,22)/b12-11+/t14-/m0/s1. The Morgan fingerprint density at radius 2 is 1.81 bits per heavy atom. The maximum atomic E-state index is 12.0. The fraction of sp³-hybridized carbons (Fsp3) is 0.111. The van der Waals surface area contributed by atoms with Gasteiger partial charge in [-0.25, -0.2) is 8.42 Å². The van der Waals surface area contributed by atoms with Gasteiger partial charge in [0.2, 0.25) is 0 Å². The van der Waals surface area contributed by atoms with E-state index in [4.69, 9.17) is 10.00 Å². The first-order chi connectivity index (χ1) is 12.4. The molecule has 0 aliphatic carbocycles. The fourth-order valence-corrected chi connectivity index (χ4v) is 2.50. The van der Waals surface area contributed by atoms with E-state index in [2.05, 4.69) is 5.43 Å². The third-order valence-corrected chi connectivity index (χ3v) is 4.10. The molecule has 0 bridgehead atoms. The van der Waals surface area contributed by atoms with Crippen LogP contribution < -0.4 is 15.0 Å².